The quantitative estimate of drug-likeness (QED) is 0.451. The molecular weight excluding hydrogens is 386 g/mol. The van der Waals surface area contributed by atoms with E-state index in [4.69, 9.17) is 9.47 Å². The summed E-state index contributed by atoms with van der Waals surface area (Å²) in [4.78, 5) is 2.42. The van der Waals surface area contributed by atoms with Crippen molar-refractivity contribution < 1.29 is 14.6 Å². The summed E-state index contributed by atoms with van der Waals surface area (Å²) in [7, 11) is 0. The highest BCUT2D eigenvalue weighted by Crippen LogP contribution is 2.47. The Morgan fingerprint density at radius 2 is 2.06 bits per heavy atom. The Hall–Kier alpha value is -1.46. The molecule has 4 nitrogen and oxygen atoms in total. The van der Waals surface area contributed by atoms with Gasteiger partial charge in [-0.1, -0.05) is 53.6 Å². The van der Waals surface area contributed by atoms with Crippen molar-refractivity contribution in [3.8, 4) is 0 Å². The molecule has 1 heterocycles. The monoisotopic (exact) mass is 425 g/mol. The van der Waals surface area contributed by atoms with E-state index in [-0.39, 0.29) is 6.10 Å². The summed E-state index contributed by atoms with van der Waals surface area (Å²) in [6.07, 6.45) is 12.1. The van der Waals surface area contributed by atoms with E-state index in [1.165, 1.54) is 16.7 Å². The predicted octanol–water partition coefficient (Wildman–Crippen LogP) is 4.17. The molecule has 1 saturated heterocycles. The Labute approximate surface area is 187 Å². The molecule has 0 radical (unpaired) electrons. The molecule has 170 valence electrons. The Morgan fingerprint density at radius 1 is 1.19 bits per heavy atom. The van der Waals surface area contributed by atoms with E-state index >= 15 is 0 Å². The molecule has 1 aromatic carbocycles. The first-order chi connectivity index (χ1) is 15.2. The number of nitrogens with zero attached hydrogens (tertiary/aromatic N) is 1. The van der Waals surface area contributed by atoms with Crippen molar-refractivity contribution in [3.05, 3.63) is 59.2 Å². The van der Waals surface area contributed by atoms with Gasteiger partial charge in [-0.15, -0.1) is 0 Å². The van der Waals surface area contributed by atoms with Crippen LogP contribution in [0.3, 0.4) is 0 Å². The molecule has 4 rings (SSSR count). The van der Waals surface area contributed by atoms with Gasteiger partial charge in [0.2, 0.25) is 0 Å². The summed E-state index contributed by atoms with van der Waals surface area (Å²) in [5, 5.41) is 10.6. The van der Waals surface area contributed by atoms with Crippen LogP contribution < -0.4 is 0 Å². The van der Waals surface area contributed by atoms with Crippen LogP contribution in [0, 0.1) is 24.7 Å². The van der Waals surface area contributed by atoms with E-state index in [2.05, 4.69) is 54.3 Å². The summed E-state index contributed by atoms with van der Waals surface area (Å²) in [5.74, 6) is 1.43. The van der Waals surface area contributed by atoms with E-state index < -0.39 is 0 Å². The van der Waals surface area contributed by atoms with E-state index in [9.17, 15) is 5.11 Å². The third-order valence-electron chi connectivity index (χ3n) is 7.21. The van der Waals surface area contributed by atoms with E-state index in [1.807, 2.05) is 0 Å². The van der Waals surface area contributed by atoms with Crippen LogP contribution in [0.5, 0.6) is 0 Å². The van der Waals surface area contributed by atoms with Gasteiger partial charge in [-0.05, 0) is 56.4 Å². The van der Waals surface area contributed by atoms with Gasteiger partial charge in [0.25, 0.3) is 0 Å². The first kappa shape index (κ1) is 22.7. The van der Waals surface area contributed by atoms with Crippen molar-refractivity contribution in [2.24, 2.45) is 17.8 Å². The SMILES string of the molecule is Cc1cccc(CCC=C[C@@H]2[C@H]3CC(CCOCCN4CCOCC4)=C[C@H]3C[C@H]2O)c1. The van der Waals surface area contributed by atoms with Crippen molar-refractivity contribution in [2.75, 3.05) is 46.1 Å². The summed E-state index contributed by atoms with van der Waals surface area (Å²) in [5.41, 5.74) is 4.25. The Balaban J connectivity index is 1.16. The van der Waals surface area contributed by atoms with Gasteiger partial charge in [0.15, 0.2) is 0 Å². The molecule has 0 aromatic heterocycles. The van der Waals surface area contributed by atoms with Gasteiger partial charge in [0.1, 0.15) is 0 Å². The van der Waals surface area contributed by atoms with Gasteiger partial charge in [-0.3, -0.25) is 4.90 Å². The standard InChI is InChI=1S/C27H39NO3/c1-21-5-4-7-22(17-21)6-2-3-8-25-26-19-23(18-24(26)20-27(25)29)9-13-30-14-10-28-11-15-31-16-12-28/h3-5,7-8,17-18,24-27,29H,2,6,9-16,19-20H2,1H3/t24-,25+,26-,27+/m0/s1. The molecule has 1 aliphatic heterocycles. The maximum atomic E-state index is 10.6. The molecule has 4 atom stereocenters. The minimum atomic E-state index is -0.187. The van der Waals surface area contributed by atoms with E-state index in [0.29, 0.717) is 17.8 Å². The normalized spacial score (nSPS) is 28.9. The summed E-state index contributed by atoms with van der Waals surface area (Å²) in [6, 6.07) is 8.76. The molecule has 1 aromatic rings. The lowest BCUT2D eigenvalue weighted by atomic mass is 9.89. The van der Waals surface area contributed by atoms with Crippen molar-refractivity contribution in [2.45, 2.75) is 45.1 Å². The average Bonchev–Trinajstić information content (AvgIpc) is 3.28. The minimum absolute atomic E-state index is 0.187. The fourth-order valence-corrected chi connectivity index (χ4v) is 5.49. The van der Waals surface area contributed by atoms with Crippen LogP contribution in [0.25, 0.3) is 0 Å². The second kappa shape index (κ2) is 11.4. The van der Waals surface area contributed by atoms with E-state index in [0.717, 1.165) is 78.2 Å². The lowest BCUT2D eigenvalue weighted by Crippen LogP contribution is -2.38. The maximum absolute atomic E-state index is 10.6. The van der Waals surface area contributed by atoms with Crippen LogP contribution in [-0.2, 0) is 15.9 Å². The van der Waals surface area contributed by atoms with Gasteiger partial charge < -0.3 is 14.6 Å². The molecule has 2 fully saturated rings. The summed E-state index contributed by atoms with van der Waals surface area (Å²) < 4.78 is 11.3. The molecule has 0 amide bonds. The molecule has 0 spiro atoms. The maximum Gasteiger partial charge on any atom is 0.0611 e. The topological polar surface area (TPSA) is 41.9 Å². The third-order valence-corrected chi connectivity index (χ3v) is 7.21. The van der Waals surface area contributed by atoms with Gasteiger partial charge in [-0.25, -0.2) is 0 Å². The lowest BCUT2D eigenvalue weighted by molar-refractivity contribution is 0.0207. The molecule has 4 heteroatoms. The van der Waals surface area contributed by atoms with Crippen LogP contribution in [0.15, 0.2) is 48.1 Å². The highest BCUT2D eigenvalue weighted by atomic mass is 16.5. The molecule has 1 saturated carbocycles. The fourth-order valence-electron chi connectivity index (χ4n) is 5.49. The zero-order valence-electron chi connectivity index (χ0n) is 19.0. The number of allylic oxidation sites excluding steroid dienone is 2. The zero-order chi connectivity index (χ0) is 21.5. The lowest BCUT2D eigenvalue weighted by Gasteiger charge is -2.26. The second-order valence-corrected chi connectivity index (χ2v) is 9.51. The minimum Gasteiger partial charge on any atom is -0.392 e. The number of hydrogen-bond acceptors (Lipinski definition) is 4. The van der Waals surface area contributed by atoms with Crippen LogP contribution >= 0.6 is 0 Å². The Kier molecular flexibility index (Phi) is 8.37. The molecule has 0 unspecified atom stereocenters. The number of aliphatic hydroxyl groups excluding tert-OH is 1. The highest BCUT2D eigenvalue weighted by molar-refractivity contribution is 5.23. The number of morpholine rings is 1. The van der Waals surface area contributed by atoms with Crippen molar-refractivity contribution in [1.82, 2.24) is 4.90 Å². The third kappa shape index (κ3) is 6.52. The second-order valence-electron chi connectivity index (χ2n) is 9.51. The molecular formula is C27H39NO3. The summed E-state index contributed by atoms with van der Waals surface area (Å²) in [6.45, 7) is 8.54. The van der Waals surface area contributed by atoms with Crippen LogP contribution in [0.2, 0.25) is 0 Å². The zero-order valence-corrected chi connectivity index (χ0v) is 19.0. The van der Waals surface area contributed by atoms with E-state index in [1.54, 1.807) is 0 Å². The number of aryl methyl sites for hydroxylation is 2. The molecule has 31 heavy (non-hydrogen) atoms. The first-order valence-electron chi connectivity index (χ1n) is 12.2. The van der Waals surface area contributed by atoms with Gasteiger partial charge >= 0.3 is 0 Å². The largest absolute Gasteiger partial charge is 0.392 e. The molecule has 0 bridgehead atoms. The number of benzene rings is 1. The molecule has 3 aliphatic rings. The van der Waals surface area contributed by atoms with Crippen LogP contribution in [0.4, 0.5) is 0 Å². The van der Waals surface area contributed by atoms with Crippen LogP contribution in [-0.4, -0.2) is 62.2 Å². The predicted molar refractivity (Wildman–Crippen MR) is 125 cm³/mol. The van der Waals surface area contributed by atoms with Gasteiger partial charge in [0.05, 0.1) is 32.5 Å². The van der Waals surface area contributed by atoms with Crippen molar-refractivity contribution in [1.29, 1.82) is 0 Å². The fraction of sp³-hybridized carbons (Fsp3) is 0.630. The number of hydrogen-bond donors (Lipinski definition) is 1. The van der Waals surface area contributed by atoms with Gasteiger partial charge in [0, 0.05) is 25.6 Å². The Bertz CT molecular complexity index is 753. The smallest absolute Gasteiger partial charge is 0.0611 e. The van der Waals surface area contributed by atoms with Crippen molar-refractivity contribution >= 4 is 0 Å². The molecule has 2 aliphatic carbocycles. The number of ether oxygens (including phenoxy) is 2. The van der Waals surface area contributed by atoms with Crippen molar-refractivity contribution in [3.63, 3.8) is 0 Å². The number of fused-ring (bicyclic) bond motifs is 1. The van der Waals surface area contributed by atoms with Gasteiger partial charge in [-0.2, -0.15) is 0 Å². The number of rotatable bonds is 10. The highest BCUT2D eigenvalue weighted by Gasteiger charge is 2.43. The van der Waals surface area contributed by atoms with Crippen LogP contribution in [0.1, 0.15) is 36.8 Å². The number of aliphatic hydroxyl groups is 1. The Morgan fingerprint density at radius 3 is 2.90 bits per heavy atom. The average molecular weight is 426 g/mol. The first-order valence-corrected chi connectivity index (χ1v) is 12.2. The summed E-state index contributed by atoms with van der Waals surface area (Å²) >= 11 is 0. The molecule has 1 N–H and O–H groups in total.